The minimum atomic E-state index is -2.16. The van der Waals surface area contributed by atoms with E-state index in [1.165, 1.54) is 0 Å². The summed E-state index contributed by atoms with van der Waals surface area (Å²) in [5.74, 6) is -1.14. The van der Waals surface area contributed by atoms with Crippen LogP contribution in [0.5, 0.6) is 0 Å². The van der Waals surface area contributed by atoms with E-state index < -0.39 is 13.9 Å². The molecule has 0 aliphatic heterocycles. The number of hydrogen-bond acceptors (Lipinski definition) is 4. The van der Waals surface area contributed by atoms with E-state index in [0.29, 0.717) is 23.8 Å². The van der Waals surface area contributed by atoms with Crippen LogP contribution in [0, 0.1) is 0 Å². The molecule has 1 rings (SSSR count). The molecular formula is C11H15ClO4P+. The highest BCUT2D eigenvalue weighted by Crippen LogP contribution is 2.39. The van der Waals surface area contributed by atoms with Crippen molar-refractivity contribution >= 4 is 19.6 Å². The second-order valence-electron chi connectivity index (χ2n) is 3.24. The van der Waals surface area contributed by atoms with Gasteiger partial charge in [0.1, 0.15) is 6.61 Å². The van der Waals surface area contributed by atoms with Gasteiger partial charge in [0.25, 0.3) is 0 Å². The highest BCUT2D eigenvalue weighted by atomic mass is 35.5. The fraction of sp³-hybridized carbons (Fsp3) is 0.455. The molecule has 1 unspecified atom stereocenters. The summed E-state index contributed by atoms with van der Waals surface area (Å²) in [7, 11) is -2.16. The molecule has 1 N–H and O–H groups in total. The van der Waals surface area contributed by atoms with Gasteiger partial charge in [-0.1, -0.05) is 23.7 Å². The molecule has 0 aliphatic rings. The Bertz CT molecular complexity index is 355. The van der Waals surface area contributed by atoms with E-state index in [4.69, 9.17) is 20.9 Å². The van der Waals surface area contributed by atoms with Crippen molar-refractivity contribution in [3.63, 3.8) is 0 Å². The Morgan fingerprint density at radius 3 is 2.59 bits per heavy atom. The van der Waals surface area contributed by atoms with Crippen molar-refractivity contribution in [1.29, 1.82) is 0 Å². The van der Waals surface area contributed by atoms with Gasteiger partial charge < -0.3 is 9.84 Å². The summed E-state index contributed by atoms with van der Waals surface area (Å²) >= 11 is 5.71. The van der Waals surface area contributed by atoms with Gasteiger partial charge in [0.05, 0.1) is 6.61 Å². The molecule has 2 atom stereocenters. The molecule has 6 heteroatoms. The van der Waals surface area contributed by atoms with Crippen LogP contribution in [-0.4, -0.2) is 24.9 Å². The zero-order valence-corrected chi connectivity index (χ0v) is 11.2. The lowest BCUT2D eigenvalue weighted by atomic mass is 10.2. The zero-order chi connectivity index (χ0) is 12.7. The average Bonchev–Trinajstić information content (AvgIpc) is 2.34. The molecule has 0 aromatic heterocycles. The molecule has 1 aromatic carbocycles. The Kier molecular flexibility index (Phi) is 6.63. The first-order valence-electron chi connectivity index (χ1n) is 5.25. The van der Waals surface area contributed by atoms with Crippen LogP contribution in [0.3, 0.4) is 0 Å². The maximum Gasteiger partial charge on any atom is 0.545 e. The minimum Gasteiger partial charge on any atom is -0.379 e. The molecule has 17 heavy (non-hydrogen) atoms. The fourth-order valence-corrected chi connectivity index (χ4v) is 2.09. The first-order chi connectivity index (χ1) is 8.15. The van der Waals surface area contributed by atoms with Crippen molar-refractivity contribution in [3.05, 3.63) is 34.9 Å². The van der Waals surface area contributed by atoms with E-state index in [-0.39, 0.29) is 6.61 Å². The molecule has 4 nitrogen and oxygen atoms in total. The fourth-order valence-electron chi connectivity index (χ4n) is 1.16. The molecule has 0 saturated heterocycles. The molecule has 94 valence electrons. The first-order valence-corrected chi connectivity index (χ1v) is 6.88. The lowest BCUT2D eigenvalue weighted by Gasteiger charge is -2.00. The molecule has 1 aromatic rings. The van der Waals surface area contributed by atoms with Crippen molar-refractivity contribution in [1.82, 2.24) is 0 Å². The normalized spacial score (nSPS) is 13.5. The van der Waals surface area contributed by atoms with Gasteiger partial charge >= 0.3 is 13.9 Å². The van der Waals surface area contributed by atoms with Gasteiger partial charge in [-0.15, -0.1) is 4.52 Å². The monoisotopic (exact) mass is 277 g/mol. The van der Waals surface area contributed by atoms with Crippen LogP contribution in [0.1, 0.15) is 18.3 Å². The van der Waals surface area contributed by atoms with Crippen LogP contribution in [-0.2, 0) is 13.8 Å². The Labute approximate surface area is 106 Å². The second kappa shape index (κ2) is 7.75. The number of benzene rings is 1. The highest BCUT2D eigenvalue weighted by Gasteiger charge is 2.32. The summed E-state index contributed by atoms with van der Waals surface area (Å²) in [6.07, 6.45) is 0. The molecule has 0 heterocycles. The third kappa shape index (κ3) is 5.11. The summed E-state index contributed by atoms with van der Waals surface area (Å²) in [6.45, 7) is 3.01. The van der Waals surface area contributed by atoms with Gasteiger partial charge in [-0.3, -0.25) is 0 Å². The SMILES string of the molecule is CCOCCO[P+](=O)[C@H](O)c1ccc(Cl)cc1. The Balaban J connectivity index is 2.43. The van der Waals surface area contributed by atoms with Crippen molar-refractivity contribution in [2.45, 2.75) is 12.8 Å². The average molecular weight is 278 g/mol. The number of halogens is 1. The van der Waals surface area contributed by atoms with Crippen molar-refractivity contribution < 1.29 is 18.9 Å². The van der Waals surface area contributed by atoms with Gasteiger partial charge in [-0.2, -0.15) is 0 Å². The summed E-state index contributed by atoms with van der Waals surface area (Å²) in [6, 6.07) is 6.49. The molecule has 0 radical (unpaired) electrons. The number of hydrogen-bond donors (Lipinski definition) is 1. The third-order valence-corrected chi connectivity index (χ3v) is 3.40. The molecular weight excluding hydrogens is 263 g/mol. The minimum absolute atomic E-state index is 0.202. The van der Waals surface area contributed by atoms with E-state index in [0.717, 1.165) is 0 Å². The summed E-state index contributed by atoms with van der Waals surface area (Å²) in [5.41, 5.74) is 0.520. The van der Waals surface area contributed by atoms with Gasteiger partial charge in [-0.25, -0.2) is 0 Å². The summed E-state index contributed by atoms with van der Waals surface area (Å²) < 4.78 is 21.6. The Morgan fingerprint density at radius 1 is 1.35 bits per heavy atom. The van der Waals surface area contributed by atoms with Gasteiger partial charge in [0.2, 0.25) is 0 Å². The standard InChI is InChI=1S/C11H15ClO4P/c1-2-15-7-8-16-17(14)11(13)9-3-5-10(12)6-4-9/h3-6,11,13H,2,7-8H2,1H3/q+1/t11-/m0/s1. The molecule has 0 spiro atoms. The smallest absolute Gasteiger partial charge is 0.379 e. The van der Waals surface area contributed by atoms with E-state index in [1.54, 1.807) is 24.3 Å². The van der Waals surface area contributed by atoms with Crippen LogP contribution in [0.25, 0.3) is 0 Å². The Morgan fingerprint density at radius 2 is 2.00 bits per heavy atom. The van der Waals surface area contributed by atoms with E-state index in [9.17, 15) is 9.67 Å². The topological polar surface area (TPSA) is 55.8 Å². The van der Waals surface area contributed by atoms with Gasteiger partial charge in [-0.05, 0) is 23.6 Å². The predicted molar refractivity (Wildman–Crippen MR) is 66.5 cm³/mol. The summed E-state index contributed by atoms with van der Waals surface area (Å²) in [5, 5.41) is 10.3. The van der Waals surface area contributed by atoms with Crippen molar-refractivity contribution in [3.8, 4) is 0 Å². The van der Waals surface area contributed by atoms with Crippen LogP contribution >= 0.6 is 19.6 Å². The molecule has 0 amide bonds. The predicted octanol–water partition coefficient (Wildman–Crippen LogP) is 3.13. The number of aliphatic hydroxyl groups is 1. The highest BCUT2D eigenvalue weighted by molar-refractivity contribution is 7.39. The number of ether oxygens (including phenoxy) is 1. The molecule has 0 fully saturated rings. The van der Waals surface area contributed by atoms with E-state index in [1.807, 2.05) is 6.92 Å². The van der Waals surface area contributed by atoms with Crippen LogP contribution < -0.4 is 0 Å². The molecule has 0 bridgehead atoms. The maximum atomic E-state index is 11.6. The van der Waals surface area contributed by atoms with Crippen molar-refractivity contribution in [2.24, 2.45) is 0 Å². The van der Waals surface area contributed by atoms with E-state index >= 15 is 0 Å². The second-order valence-corrected chi connectivity index (χ2v) is 5.00. The molecule has 0 aliphatic carbocycles. The van der Waals surface area contributed by atoms with E-state index in [2.05, 4.69) is 0 Å². The van der Waals surface area contributed by atoms with Crippen LogP contribution in [0.15, 0.2) is 24.3 Å². The number of aliphatic hydroxyl groups excluding tert-OH is 1. The van der Waals surface area contributed by atoms with Crippen LogP contribution in [0.4, 0.5) is 0 Å². The quantitative estimate of drug-likeness (QED) is 0.614. The molecule has 0 saturated carbocycles. The lowest BCUT2D eigenvalue weighted by Crippen LogP contribution is -2.02. The maximum absolute atomic E-state index is 11.6. The summed E-state index contributed by atoms with van der Waals surface area (Å²) in [4.78, 5) is 0. The van der Waals surface area contributed by atoms with Gasteiger partial charge in [0, 0.05) is 17.2 Å². The van der Waals surface area contributed by atoms with Crippen molar-refractivity contribution in [2.75, 3.05) is 19.8 Å². The zero-order valence-electron chi connectivity index (χ0n) is 9.51. The third-order valence-electron chi connectivity index (χ3n) is 2.02. The first kappa shape index (κ1) is 14.6. The lowest BCUT2D eigenvalue weighted by molar-refractivity contribution is 0.108. The van der Waals surface area contributed by atoms with Gasteiger partial charge in [0.15, 0.2) is 0 Å². The Hall–Kier alpha value is -0.510. The largest absolute Gasteiger partial charge is 0.545 e. The number of rotatable bonds is 7. The van der Waals surface area contributed by atoms with Crippen LogP contribution in [0.2, 0.25) is 5.02 Å².